The van der Waals surface area contributed by atoms with E-state index in [4.69, 9.17) is 13.6 Å². The summed E-state index contributed by atoms with van der Waals surface area (Å²) >= 11 is 0. The first-order valence-electron chi connectivity index (χ1n) is 10.4. The van der Waals surface area contributed by atoms with E-state index >= 15 is 0 Å². The molecule has 2 aliphatic rings. The average Bonchev–Trinajstić information content (AvgIpc) is 2.65. The fourth-order valence-corrected chi connectivity index (χ4v) is 6.93. The van der Waals surface area contributed by atoms with E-state index < -0.39 is 8.56 Å². The lowest BCUT2D eigenvalue weighted by atomic mass is 9.93. The summed E-state index contributed by atoms with van der Waals surface area (Å²) in [7, 11) is -2.11. The normalized spacial score (nSPS) is 28.3. The summed E-state index contributed by atoms with van der Waals surface area (Å²) in [5.74, 6) is 0. The Labute approximate surface area is 160 Å². The molecule has 146 valence electrons. The lowest BCUT2D eigenvalue weighted by Crippen LogP contribution is -2.51. The minimum absolute atomic E-state index is 0.0839. The Hall–Kier alpha value is -0.883. The molecule has 4 nitrogen and oxygen atoms in total. The average molecular weight is 378 g/mol. The molecule has 26 heavy (non-hydrogen) atoms. The monoisotopic (exact) mass is 377 g/mol. The number of anilines is 1. The van der Waals surface area contributed by atoms with Gasteiger partial charge in [0, 0.05) is 31.5 Å². The van der Waals surface area contributed by atoms with Gasteiger partial charge in [0.05, 0.1) is 12.7 Å². The quantitative estimate of drug-likeness (QED) is 0.670. The number of benzene rings is 1. The Bertz CT molecular complexity index is 523. The van der Waals surface area contributed by atoms with Crippen LogP contribution in [0.2, 0.25) is 12.6 Å². The van der Waals surface area contributed by atoms with Crippen LogP contribution in [0.15, 0.2) is 30.3 Å². The molecule has 0 N–H and O–H groups in total. The third kappa shape index (κ3) is 5.56. The van der Waals surface area contributed by atoms with Crippen molar-refractivity contribution in [3.05, 3.63) is 30.3 Å². The van der Waals surface area contributed by atoms with Gasteiger partial charge < -0.3 is 18.5 Å². The van der Waals surface area contributed by atoms with Gasteiger partial charge in [0.25, 0.3) is 0 Å². The standard InChI is InChI=1S/C21H35NO3Si/c1-3-24-26(2)16-10-15-23-18-21(25-26)17-22(19-11-6-4-7-12-19)20-13-8-5-9-14-20/h4,6-7,11-12,20-21H,3,5,8-10,13-18H2,1-2H3. The van der Waals surface area contributed by atoms with Crippen molar-refractivity contribution in [2.45, 2.75) is 70.2 Å². The molecular formula is C21H35NO3Si. The van der Waals surface area contributed by atoms with Crippen molar-refractivity contribution in [2.75, 3.05) is 31.3 Å². The smallest absolute Gasteiger partial charge is 0.335 e. The van der Waals surface area contributed by atoms with Crippen molar-refractivity contribution >= 4 is 14.2 Å². The topological polar surface area (TPSA) is 30.9 Å². The predicted octanol–water partition coefficient (Wildman–Crippen LogP) is 4.74. The van der Waals surface area contributed by atoms with Crippen LogP contribution in [-0.2, 0) is 13.6 Å². The molecule has 0 bridgehead atoms. The molecule has 2 atom stereocenters. The summed E-state index contributed by atoms with van der Waals surface area (Å²) in [4.78, 5) is 2.58. The summed E-state index contributed by atoms with van der Waals surface area (Å²) in [5.41, 5.74) is 1.31. The zero-order chi connectivity index (χ0) is 18.2. The van der Waals surface area contributed by atoms with Crippen LogP contribution in [0.3, 0.4) is 0 Å². The molecule has 1 aliphatic heterocycles. The molecule has 0 aromatic heterocycles. The van der Waals surface area contributed by atoms with Crippen LogP contribution in [0.5, 0.6) is 0 Å². The number of para-hydroxylation sites is 1. The number of hydrogen-bond donors (Lipinski definition) is 0. The van der Waals surface area contributed by atoms with E-state index in [0.29, 0.717) is 12.6 Å². The molecule has 1 saturated heterocycles. The largest absolute Gasteiger partial charge is 0.395 e. The molecule has 3 rings (SSSR count). The van der Waals surface area contributed by atoms with E-state index in [1.165, 1.54) is 37.8 Å². The Morgan fingerprint density at radius 3 is 2.62 bits per heavy atom. The van der Waals surface area contributed by atoms with Crippen LogP contribution in [0.4, 0.5) is 5.69 Å². The van der Waals surface area contributed by atoms with Gasteiger partial charge >= 0.3 is 8.56 Å². The maximum atomic E-state index is 6.61. The first-order chi connectivity index (χ1) is 12.7. The fraction of sp³-hybridized carbons (Fsp3) is 0.714. The van der Waals surface area contributed by atoms with E-state index in [2.05, 4.69) is 48.7 Å². The second kappa shape index (κ2) is 9.88. The number of ether oxygens (including phenoxy) is 1. The third-order valence-electron chi connectivity index (χ3n) is 5.59. The number of hydrogen-bond acceptors (Lipinski definition) is 4. The zero-order valence-corrected chi connectivity index (χ0v) is 17.5. The molecule has 5 heteroatoms. The van der Waals surface area contributed by atoms with Crippen LogP contribution >= 0.6 is 0 Å². The molecule has 0 spiro atoms. The van der Waals surface area contributed by atoms with Gasteiger partial charge in [-0.2, -0.15) is 0 Å². The van der Waals surface area contributed by atoms with Crippen molar-refractivity contribution in [3.8, 4) is 0 Å². The molecule has 1 aromatic rings. The van der Waals surface area contributed by atoms with Gasteiger partial charge in [0.15, 0.2) is 0 Å². The molecule has 2 unspecified atom stereocenters. The van der Waals surface area contributed by atoms with E-state index in [0.717, 1.165) is 32.2 Å². The summed E-state index contributed by atoms with van der Waals surface area (Å²) in [6.07, 6.45) is 7.73. The molecular weight excluding hydrogens is 342 g/mol. The van der Waals surface area contributed by atoms with Gasteiger partial charge in [0.1, 0.15) is 0 Å². The highest BCUT2D eigenvalue weighted by Crippen LogP contribution is 2.29. The predicted molar refractivity (Wildman–Crippen MR) is 109 cm³/mol. The highest BCUT2D eigenvalue weighted by molar-refractivity contribution is 6.66. The van der Waals surface area contributed by atoms with Crippen molar-refractivity contribution in [3.63, 3.8) is 0 Å². The SMILES string of the molecule is CCO[Si]1(C)CCCOCC(CN(c2ccccc2)C2CCCCC2)O1. The minimum atomic E-state index is -2.11. The molecule has 0 amide bonds. The van der Waals surface area contributed by atoms with E-state index in [1.54, 1.807) is 0 Å². The van der Waals surface area contributed by atoms with Gasteiger partial charge in [-0.05, 0) is 50.9 Å². The second-order valence-electron chi connectivity index (χ2n) is 7.76. The van der Waals surface area contributed by atoms with E-state index in [1.807, 2.05) is 0 Å². The lowest BCUT2D eigenvalue weighted by Gasteiger charge is -2.41. The first-order valence-corrected chi connectivity index (χ1v) is 12.9. The van der Waals surface area contributed by atoms with Crippen LogP contribution in [-0.4, -0.2) is 47.1 Å². The maximum absolute atomic E-state index is 6.61. The molecule has 1 aliphatic carbocycles. The van der Waals surface area contributed by atoms with E-state index in [9.17, 15) is 0 Å². The zero-order valence-electron chi connectivity index (χ0n) is 16.5. The second-order valence-corrected chi connectivity index (χ2v) is 11.1. The van der Waals surface area contributed by atoms with Crippen LogP contribution in [0.25, 0.3) is 0 Å². The molecule has 1 heterocycles. The molecule has 2 fully saturated rings. The Morgan fingerprint density at radius 1 is 1.12 bits per heavy atom. The fourth-order valence-electron chi connectivity index (χ4n) is 4.35. The maximum Gasteiger partial charge on any atom is 0.335 e. The van der Waals surface area contributed by atoms with Crippen molar-refractivity contribution < 1.29 is 13.6 Å². The molecule has 0 radical (unpaired) electrons. The van der Waals surface area contributed by atoms with Gasteiger partial charge in [-0.3, -0.25) is 0 Å². The Balaban J connectivity index is 1.75. The molecule has 1 saturated carbocycles. The number of rotatable bonds is 6. The van der Waals surface area contributed by atoms with Gasteiger partial charge in [-0.1, -0.05) is 37.5 Å². The summed E-state index contributed by atoms with van der Waals surface area (Å²) in [5, 5.41) is 0. The number of nitrogens with zero attached hydrogens (tertiary/aromatic N) is 1. The van der Waals surface area contributed by atoms with Crippen molar-refractivity contribution in [1.82, 2.24) is 0 Å². The van der Waals surface area contributed by atoms with Crippen molar-refractivity contribution in [1.29, 1.82) is 0 Å². The molecule has 1 aromatic carbocycles. The highest BCUT2D eigenvalue weighted by Gasteiger charge is 2.36. The van der Waals surface area contributed by atoms with E-state index in [-0.39, 0.29) is 6.10 Å². The van der Waals surface area contributed by atoms with Crippen LogP contribution in [0, 0.1) is 0 Å². The summed E-state index contributed by atoms with van der Waals surface area (Å²) in [6, 6.07) is 12.5. The highest BCUT2D eigenvalue weighted by atomic mass is 28.4. The van der Waals surface area contributed by atoms with Crippen molar-refractivity contribution in [2.24, 2.45) is 0 Å². The van der Waals surface area contributed by atoms with Gasteiger partial charge in [-0.25, -0.2) is 0 Å². The summed E-state index contributed by atoms with van der Waals surface area (Å²) < 4.78 is 18.6. The minimum Gasteiger partial charge on any atom is -0.395 e. The van der Waals surface area contributed by atoms with Gasteiger partial charge in [0.2, 0.25) is 0 Å². The third-order valence-corrected chi connectivity index (χ3v) is 8.59. The van der Waals surface area contributed by atoms with Crippen LogP contribution < -0.4 is 4.90 Å². The van der Waals surface area contributed by atoms with Crippen LogP contribution in [0.1, 0.15) is 45.4 Å². The van der Waals surface area contributed by atoms with Gasteiger partial charge in [-0.15, -0.1) is 0 Å². The Kier molecular flexibility index (Phi) is 7.55. The Morgan fingerprint density at radius 2 is 1.88 bits per heavy atom. The lowest BCUT2D eigenvalue weighted by molar-refractivity contribution is 0.0166. The first kappa shape index (κ1) is 19.9. The summed E-state index contributed by atoms with van der Waals surface area (Å²) in [6.45, 7) is 7.42.